The number of carboxylic acid groups (broad SMARTS) is 1. The Morgan fingerprint density at radius 2 is 2.06 bits per heavy atom. The van der Waals surface area contributed by atoms with Crippen molar-refractivity contribution < 1.29 is 14.3 Å². The van der Waals surface area contributed by atoms with Crippen molar-refractivity contribution in [1.29, 1.82) is 0 Å². The Balaban J connectivity index is 2.50. The van der Waals surface area contributed by atoms with Gasteiger partial charge in [-0.3, -0.25) is 0 Å². The van der Waals surface area contributed by atoms with E-state index in [2.05, 4.69) is 15.9 Å². The highest BCUT2D eigenvalue weighted by atomic mass is 79.9. The van der Waals surface area contributed by atoms with E-state index in [-0.39, 0.29) is 5.76 Å². The van der Waals surface area contributed by atoms with Gasteiger partial charge >= 0.3 is 5.97 Å². The highest BCUT2D eigenvalue weighted by molar-refractivity contribution is 9.10. The molecule has 0 saturated heterocycles. The average Bonchev–Trinajstić information content (AvgIpc) is 2.70. The molecule has 2 aromatic rings. The first-order chi connectivity index (χ1) is 7.58. The lowest BCUT2D eigenvalue weighted by Crippen LogP contribution is -1.91. The number of carboxylic acids is 1. The van der Waals surface area contributed by atoms with Gasteiger partial charge in [0.15, 0.2) is 0 Å². The van der Waals surface area contributed by atoms with Crippen LogP contribution in [0.15, 0.2) is 39.2 Å². The van der Waals surface area contributed by atoms with Crippen LogP contribution in [0.3, 0.4) is 0 Å². The number of halogens is 1. The highest BCUT2D eigenvalue weighted by Gasteiger charge is 2.11. The molecule has 0 spiro atoms. The van der Waals surface area contributed by atoms with Gasteiger partial charge in [0, 0.05) is 10.0 Å². The standard InChI is InChI=1S/C12H9BrO3/c1-7-2-3-8(13)6-9(7)10-4-5-11(16-10)12(14)15/h2-6H,1H3,(H,14,15). The van der Waals surface area contributed by atoms with Crippen LogP contribution in [0.5, 0.6) is 0 Å². The fourth-order valence-electron chi connectivity index (χ4n) is 1.46. The predicted octanol–water partition coefficient (Wildman–Crippen LogP) is 3.72. The third-order valence-corrected chi connectivity index (χ3v) is 2.78. The van der Waals surface area contributed by atoms with Gasteiger partial charge in [-0.2, -0.15) is 0 Å². The van der Waals surface area contributed by atoms with Crippen LogP contribution in [0.2, 0.25) is 0 Å². The van der Waals surface area contributed by atoms with Gasteiger partial charge in [-0.15, -0.1) is 0 Å². The summed E-state index contributed by atoms with van der Waals surface area (Å²) in [4.78, 5) is 10.7. The van der Waals surface area contributed by atoms with Crippen LogP contribution >= 0.6 is 15.9 Å². The minimum atomic E-state index is -1.06. The second-order valence-electron chi connectivity index (χ2n) is 3.43. The fourth-order valence-corrected chi connectivity index (χ4v) is 1.82. The van der Waals surface area contributed by atoms with Crippen LogP contribution in [0, 0.1) is 6.92 Å². The maximum atomic E-state index is 10.7. The van der Waals surface area contributed by atoms with Gasteiger partial charge in [-0.1, -0.05) is 22.0 Å². The zero-order valence-electron chi connectivity index (χ0n) is 8.53. The Morgan fingerprint density at radius 1 is 1.31 bits per heavy atom. The molecular weight excluding hydrogens is 272 g/mol. The van der Waals surface area contributed by atoms with E-state index in [1.807, 2.05) is 25.1 Å². The lowest BCUT2D eigenvalue weighted by atomic mass is 10.1. The Hall–Kier alpha value is -1.55. The molecule has 82 valence electrons. The lowest BCUT2D eigenvalue weighted by molar-refractivity contribution is 0.0663. The summed E-state index contributed by atoms with van der Waals surface area (Å²) in [7, 11) is 0. The molecule has 0 amide bonds. The van der Waals surface area contributed by atoms with Crippen LogP contribution in [0.1, 0.15) is 16.1 Å². The summed E-state index contributed by atoms with van der Waals surface area (Å²) in [5.74, 6) is -0.538. The maximum Gasteiger partial charge on any atom is 0.371 e. The predicted molar refractivity (Wildman–Crippen MR) is 63.5 cm³/mol. The molecular formula is C12H9BrO3. The quantitative estimate of drug-likeness (QED) is 0.912. The second-order valence-corrected chi connectivity index (χ2v) is 4.34. The van der Waals surface area contributed by atoms with E-state index in [1.165, 1.54) is 6.07 Å². The topological polar surface area (TPSA) is 50.4 Å². The second kappa shape index (κ2) is 4.14. The van der Waals surface area contributed by atoms with E-state index >= 15 is 0 Å². The molecule has 1 heterocycles. The number of benzene rings is 1. The fraction of sp³-hybridized carbons (Fsp3) is 0.0833. The van der Waals surface area contributed by atoms with Crippen molar-refractivity contribution in [3.8, 4) is 11.3 Å². The van der Waals surface area contributed by atoms with Gasteiger partial charge in [0.05, 0.1) is 0 Å². The van der Waals surface area contributed by atoms with Crippen LogP contribution in [-0.2, 0) is 0 Å². The third kappa shape index (κ3) is 2.02. The molecule has 0 radical (unpaired) electrons. The largest absolute Gasteiger partial charge is 0.475 e. The summed E-state index contributed by atoms with van der Waals surface area (Å²) in [6.07, 6.45) is 0. The molecule has 0 aliphatic carbocycles. The number of hydrogen-bond acceptors (Lipinski definition) is 2. The third-order valence-electron chi connectivity index (χ3n) is 2.28. The smallest absolute Gasteiger partial charge is 0.371 e. The first kappa shape index (κ1) is 11.0. The van der Waals surface area contributed by atoms with Gasteiger partial charge in [-0.25, -0.2) is 4.79 Å². The van der Waals surface area contributed by atoms with Gasteiger partial charge in [0.1, 0.15) is 5.76 Å². The van der Waals surface area contributed by atoms with Gasteiger partial charge in [0.2, 0.25) is 5.76 Å². The molecule has 2 rings (SSSR count). The summed E-state index contributed by atoms with van der Waals surface area (Å²) in [6, 6.07) is 8.90. The number of aromatic carboxylic acids is 1. The summed E-state index contributed by atoms with van der Waals surface area (Å²) < 4.78 is 6.18. The number of hydrogen-bond donors (Lipinski definition) is 1. The zero-order chi connectivity index (χ0) is 11.7. The molecule has 0 aliphatic rings. The van der Waals surface area contributed by atoms with Crippen molar-refractivity contribution in [3.63, 3.8) is 0 Å². The van der Waals surface area contributed by atoms with Crippen LogP contribution in [0.4, 0.5) is 0 Å². The molecule has 0 aliphatic heterocycles. The molecule has 1 aromatic heterocycles. The van der Waals surface area contributed by atoms with Gasteiger partial charge < -0.3 is 9.52 Å². The Bertz CT molecular complexity index is 543. The van der Waals surface area contributed by atoms with E-state index in [0.717, 1.165) is 15.6 Å². The summed E-state index contributed by atoms with van der Waals surface area (Å²) in [5.41, 5.74) is 1.93. The summed E-state index contributed by atoms with van der Waals surface area (Å²) in [6.45, 7) is 1.95. The van der Waals surface area contributed by atoms with E-state index in [1.54, 1.807) is 6.07 Å². The number of carbonyl (C=O) groups is 1. The van der Waals surface area contributed by atoms with Crippen molar-refractivity contribution >= 4 is 21.9 Å². The minimum Gasteiger partial charge on any atom is -0.475 e. The van der Waals surface area contributed by atoms with Gasteiger partial charge in [0.25, 0.3) is 0 Å². The van der Waals surface area contributed by atoms with Crippen molar-refractivity contribution in [2.24, 2.45) is 0 Å². The summed E-state index contributed by atoms with van der Waals surface area (Å²) in [5, 5.41) is 8.77. The van der Waals surface area contributed by atoms with E-state index < -0.39 is 5.97 Å². The molecule has 1 aromatic carbocycles. The zero-order valence-corrected chi connectivity index (χ0v) is 10.1. The number of furan rings is 1. The average molecular weight is 281 g/mol. The first-order valence-corrected chi connectivity index (χ1v) is 5.47. The highest BCUT2D eigenvalue weighted by Crippen LogP contribution is 2.28. The monoisotopic (exact) mass is 280 g/mol. The molecule has 4 heteroatoms. The molecule has 0 saturated carbocycles. The van der Waals surface area contributed by atoms with E-state index in [9.17, 15) is 4.79 Å². The summed E-state index contributed by atoms with van der Waals surface area (Å²) >= 11 is 3.37. The molecule has 0 atom stereocenters. The first-order valence-electron chi connectivity index (χ1n) is 4.67. The van der Waals surface area contributed by atoms with Crippen molar-refractivity contribution in [3.05, 3.63) is 46.1 Å². The van der Waals surface area contributed by atoms with Crippen LogP contribution in [-0.4, -0.2) is 11.1 Å². The van der Waals surface area contributed by atoms with Crippen LogP contribution < -0.4 is 0 Å². The van der Waals surface area contributed by atoms with Crippen molar-refractivity contribution in [1.82, 2.24) is 0 Å². The van der Waals surface area contributed by atoms with E-state index in [0.29, 0.717) is 5.76 Å². The van der Waals surface area contributed by atoms with Crippen molar-refractivity contribution in [2.45, 2.75) is 6.92 Å². The maximum absolute atomic E-state index is 10.7. The molecule has 16 heavy (non-hydrogen) atoms. The van der Waals surface area contributed by atoms with Crippen molar-refractivity contribution in [2.75, 3.05) is 0 Å². The van der Waals surface area contributed by atoms with Crippen LogP contribution in [0.25, 0.3) is 11.3 Å². The van der Waals surface area contributed by atoms with Gasteiger partial charge in [-0.05, 0) is 36.8 Å². The Kier molecular flexibility index (Phi) is 2.83. The Labute approximate surface area is 101 Å². The molecule has 0 unspecified atom stereocenters. The number of rotatable bonds is 2. The number of aryl methyl sites for hydroxylation is 1. The molecule has 0 bridgehead atoms. The lowest BCUT2D eigenvalue weighted by Gasteiger charge is -2.02. The minimum absolute atomic E-state index is 0.0469. The molecule has 3 nitrogen and oxygen atoms in total. The molecule has 0 fully saturated rings. The normalized spacial score (nSPS) is 10.4. The SMILES string of the molecule is Cc1ccc(Br)cc1-c1ccc(C(=O)O)o1. The Morgan fingerprint density at radius 3 is 2.69 bits per heavy atom. The molecule has 1 N–H and O–H groups in total. The van der Waals surface area contributed by atoms with E-state index in [4.69, 9.17) is 9.52 Å².